The zero-order valence-electron chi connectivity index (χ0n) is 16.1. The van der Waals surface area contributed by atoms with E-state index in [2.05, 4.69) is 5.32 Å². The van der Waals surface area contributed by atoms with Crippen molar-refractivity contribution in [3.63, 3.8) is 0 Å². The number of benzene rings is 1. The summed E-state index contributed by atoms with van der Waals surface area (Å²) in [6.45, 7) is 7.17. The van der Waals surface area contributed by atoms with Crippen LogP contribution in [0.15, 0.2) is 24.3 Å². The van der Waals surface area contributed by atoms with Gasteiger partial charge < -0.3 is 9.64 Å². The Hall–Kier alpha value is -2.04. The standard InChI is InChI=1S/C21H30N2O3/c1-21(2,3)26-20(25)22-18-10-6-9-16(13-18)19(24)23-12-11-15-7-4-5-8-17(15)14-23/h6,9-10,13,15,17H,4-5,7-8,11-12,14H2,1-3H3,(H,22,25)/t15-,17-/m1/s1. The lowest BCUT2D eigenvalue weighted by Gasteiger charge is -2.41. The molecule has 1 aliphatic heterocycles. The van der Waals surface area contributed by atoms with Crippen LogP contribution in [0.1, 0.15) is 63.2 Å². The smallest absolute Gasteiger partial charge is 0.412 e. The number of nitrogens with one attached hydrogen (secondary N) is 1. The Balaban J connectivity index is 1.64. The zero-order valence-corrected chi connectivity index (χ0v) is 16.1. The van der Waals surface area contributed by atoms with Crippen molar-refractivity contribution < 1.29 is 14.3 Å². The molecule has 1 N–H and O–H groups in total. The summed E-state index contributed by atoms with van der Waals surface area (Å²) in [5.41, 5.74) is 0.646. The highest BCUT2D eigenvalue weighted by atomic mass is 16.6. The van der Waals surface area contributed by atoms with Crippen LogP contribution in [0.5, 0.6) is 0 Å². The number of ether oxygens (including phenoxy) is 1. The van der Waals surface area contributed by atoms with E-state index < -0.39 is 11.7 Å². The average Bonchev–Trinajstić information content (AvgIpc) is 2.59. The summed E-state index contributed by atoms with van der Waals surface area (Å²) in [4.78, 5) is 26.8. The fourth-order valence-electron chi connectivity index (χ4n) is 4.12. The Morgan fingerprint density at radius 2 is 1.85 bits per heavy atom. The molecule has 1 aromatic rings. The van der Waals surface area contributed by atoms with Crippen LogP contribution in [0.3, 0.4) is 0 Å². The maximum atomic E-state index is 12.9. The Labute approximate surface area is 156 Å². The molecule has 1 heterocycles. The number of anilines is 1. The monoisotopic (exact) mass is 358 g/mol. The van der Waals surface area contributed by atoms with Gasteiger partial charge in [0.25, 0.3) is 5.91 Å². The lowest BCUT2D eigenvalue weighted by atomic mass is 9.75. The molecule has 1 saturated carbocycles. The molecular weight excluding hydrogens is 328 g/mol. The van der Waals surface area contributed by atoms with Gasteiger partial charge in [0.15, 0.2) is 0 Å². The second-order valence-corrected chi connectivity index (χ2v) is 8.55. The van der Waals surface area contributed by atoms with Gasteiger partial charge in [-0.2, -0.15) is 0 Å². The summed E-state index contributed by atoms with van der Waals surface area (Å²) in [6, 6.07) is 7.12. The Bertz CT molecular complexity index is 665. The van der Waals surface area contributed by atoms with Crippen molar-refractivity contribution in [3.8, 4) is 0 Å². The van der Waals surface area contributed by atoms with E-state index in [0.29, 0.717) is 17.2 Å². The third kappa shape index (κ3) is 4.77. The molecular formula is C21H30N2O3. The van der Waals surface area contributed by atoms with Gasteiger partial charge in [-0.3, -0.25) is 10.1 Å². The molecule has 1 saturated heterocycles. The first-order chi connectivity index (χ1) is 12.3. The number of hydrogen-bond acceptors (Lipinski definition) is 3. The summed E-state index contributed by atoms with van der Waals surface area (Å²) >= 11 is 0. The topological polar surface area (TPSA) is 58.6 Å². The fraction of sp³-hybridized carbons (Fsp3) is 0.619. The van der Waals surface area contributed by atoms with Crippen molar-refractivity contribution >= 4 is 17.7 Å². The van der Waals surface area contributed by atoms with E-state index in [9.17, 15) is 9.59 Å². The summed E-state index contributed by atoms with van der Waals surface area (Å²) in [5, 5.41) is 2.71. The van der Waals surface area contributed by atoms with E-state index >= 15 is 0 Å². The second-order valence-electron chi connectivity index (χ2n) is 8.55. The van der Waals surface area contributed by atoms with E-state index in [1.54, 1.807) is 18.2 Å². The molecule has 1 aliphatic carbocycles. The van der Waals surface area contributed by atoms with Gasteiger partial charge in [0.05, 0.1) is 0 Å². The van der Waals surface area contributed by atoms with Gasteiger partial charge in [-0.05, 0) is 63.6 Å². The highest BCUT2D eigenvalue weighted by Gasteiger charge is 2.33. The van der Waals surface area contributed by atoms with Crippen molar-refractivity contribution in [2.75, 3.05) is 18.4 Å². The van der Waals surface area contributed by atoms with Gasteiger partial charge in [-0.25, -0.2) is 4.79 Å². The van der Waals surface area contributed by atoms with Gasteiger partial charge in [0.2, 0.25) is 0 Å². The van der Waals surface area contributed by atoms with E-state index in [4.69, 9.17) is 4.74 Å². The first kappa shape index (κ1) is 18.7. The summed E-state index contributed by atoms with van der Waals surface area (Å²) in [6.07, 6.45) is 5.81. The SMILES string of the molecule is CC(C)(C)OC(=O)Nc1cccc(C(=O)N2CC[C@H]3CCCC[C@@H]3C2)c1. The van der Waals surface area contributed by atoms with E-state index in [0.717, 1.165) is 25.4 Å². The normalized spacial score (nSPS) is 23.1. The van der Waals surface area contributed by atoms with Gasteiger partial charge in [-0.1, -0.05) is 25.3 Å². The van der Waals surface area contributed by atoms with E-state index in [1.807, 2.05) is 31.7 Å². The Kier molecular flexibility index (Phi) is 5.54. The Morgan fingerprint density at radius 3 is 2.58 bits per heavy atom. The van der Waals surface area contributed by atoms with Crippen LogP contribution in [-0.4, -0.2) is 35.6 Å². The first-order valence-corrected chi connectivity index (χ1v) is 9.71. The molecule has 5 nitrogen and oxygen atoms in total. The largest absolute Gasteiger partial charge is 0.444 e. The maximum absolute atomic E-state index is 12.9. The minimum atomic E-state index is -0.554. The van der Waals surface area contributed by atoms with E-state index in [-0.39, 0.29) is 5.91 Å². The number of hydrogen-bond donors (Lipinski definition) is 1. The number of amides is 2. The molecule has 0 unspecified atom stereocenters. The fourth-order valence-corrected chi connectivity index (χ4v) is 4.12. The summed E-state index contributed by atoms with van der Waals surface area (Å²) in [7, 11) is 0. The lowest BCUT2D eigenvalue weighted by Crippen LogP contribution is -2.44. The van der Waals surface area contributed by atoms with Crippen molar-refractivity contribution in [1.82, 2.24) is 4.90 Å². The number of nitrogens with zero attached hydrogens (tertiary/aromatic N) is 1. The van der Waals surface area contributed by atoms with Crippen molar-refractivity contribution in [2.24, 2.45) is 11.8 Å². The maximum Gasteiger partial charge on any atom is 0.412 e. The van der Waals surface area contributed by atoms with Gasteiger partial charge in [0, 0.05) is 24.3 Å². The number of piperidine rings is 1. The van der Waals surface area contributed by atoms with Crippen molar-refractivity contribution in [2.45, 2.75) is 58.5 Å². The van der Waals surface area contributed by atoms with Crippen LogP contribution >= 0.6 is 0 Å². The minimum Gasteiger partial charge on any atom is -0.444 e. The molecule has 142 valence electrons. The molecule has 0 aromatic heterocycles. The predicted molar refractivity (Wildman–Crippen MR) is 102 cm³/mol. The zero-order chi connectivity index (χ0) is 18.7. The summed E-state index contributed by atoms with van der Waals surface area (Å²) in [5.74, 6) is 1.51. The summed E-state index contributed by atoms with van der Waals surface area (Å²) < 4.78 is 5.27. The van der Waals surface area contributed by atoms with Gasteiger partial charge in [-0.15, -0.1) is 0 Å². The Morgan fingerprint density at radius 1 is 1.12 bits per heavy atom. The predicted octanol–water partition coefficient (Wildman–Crippen LogP) is 4.69. The lowest BCUT2D eigenvalue weighted by molar-refractivity contribution is 0.0520. The molecule has 5 heteroatoms. The minimum absolute atomic E-state index is 0.0573. The first-order valence-electron chi connectivity index (χ1n) is 9.71. The van der Waals surface area contributed by atoms with Crippen LogP contribution < -0.4 is 5.32 Å². The molecule has 2 amide bonds. The van der Waals surface area contributed by atoms with Crippen LogP contribution in [0.4, 0.5) is 10.5 Å². The molecule has 0 spiro atoms. The van der Waals surface area contributed by atoms with Crippen LogP contribution in [0.2, 0.25) is 0 Å². The highest BCUT2D eigenvalue weighted by molar-refractivity contribution is 5.96. The molecule has 3 rings (SSSR count). The number of fused-ring (bicyclic) bond motifs is 1. The average molecular weight is 358 g/mol. The quantitative estimate of drug-likeness (QED) is 0.834. The van der Waals surface area contributed by atoms with Gasteiger partial charge >= 0.3 is 6.09 Å². The van der Waals surface area contributed by atoms with Crippen LogP contribution in [-0.2, 0) is 4.74 Å². The third-order valence-electron chi connectivity index (χ3n) is 5.33. The third-order valence-corrected chi connectivity index (χ3v) is 5.33. The highest BCUT2D eigenvalue weighted by Crippen LogP contribution is 2.36. The molecule has 26 heavy (non-hydrogen) atoms. The molecule has 1 aromatic carbocycles. The molecule has 2 fully saturated rings. The van der Waals surface area contributed by atoms with E-state index in [1.165, 1.54) is 25.7 Å². The molecule has 0 bridgehead atoms. The number of carbonyl (C=O) groups excluding carboxylic acids is 2. The number of carbonyl (C=O) groups is 2. The number of likely N-dealkylation sites (tertiary alicyclic amines) is 1. The second kappa shape index (κ2) is 7.68. The van der Waals surface area contributed by atoms with Gasteiger partial charge in [0.1, 0.15) is 5.60 Å². The molecule has 2 atom stereocenters. The number of rotatable bonds is 2. The van der Waals surface area contributed by atoms with Crippen LogP contribution in [0.25, 0.3) is 0 Å². The van der Waals surface area contributed by atoms with Crippen molar-refractivity contribution in [1.29, 1.82) is 0 Å². The molecule has 0 radical (unpaired) electrons. The van der Waals surface area contributed by atoms with Crippen molar-refractivity contribution in [3.05, 3.63) is 29.8 Å². The van der Waals surface area contributed by atoms with Crippen LogP contribution in [0, 0.1) is 11.8 Å². The molecule has 2 aliphatic rings.